The lowest BCUT2D eigenvalue weighted by Gasteiger charge is -2.33. The van der Waals surface area contributed by atoms with Crippen molar-refractivity contribution in [1.82, 2.24) is 14.1 Å². The third-order valence-corrected chi connectivity index (χ3v) is 6.42. The molecule has 0 spiro atoms. The first-order valence-corrected chi connectivity index (χ1v) is 11.9. The zero-order valence-corrected chi connectivity index (χ0v) is 20.3. The number of nitriles is 1. The normalized spacial score (nSPS) is 16.1. The van der Waals surface area contributed by atoms with Crippen LogP contribution in [-0.2, 0) is 13.1 Å². The summed E-state index contributed by atoms with van der Waals surface area (Å²) < 4.78 is 46.5. The largest absolute Gasteiger partial charge is 0.497 e. The van der Waals surface area contributed by atoms with E-state index in [-0.39, 0.29) is 47.9 Å². The van der Waals surface area contributed by atoms with E-state index < -0.39 is 18.2 Å². The summed E-state index contributed by atoms with van der Waals surface area (Å²) in [7, 11) is 1.47. The number of aromatic nitrogens is 3. The molecule has 1 aliphatic rings. The number of piperidine rings is 1. The van der Waals surface area contributed by atoms with Gasteiger partial charge in [-0.05, 0) is 31.4 Å². The Kier molecular flexibility index (Phi) is 7.54. The molecule has 3 heterocycles. The third kappa shape index (κ3) is 5.61. The number of anilines is 1. The van der Waals surface area contributed by atoms with Gasteiger partial charge in [-0.25, -0.2) is 4.98 Å². The van der Waals surface area contributed by atoms with Crippen LogP contribution in [0.4, 0.5) is 19.0 Å². The molecule has 12 heteroatoms. The summed E-state index contributed by atoms with van der Waals surface area (Å²) >= 11 is 0. The molecule has 1 unspecified atom stereocenters. The molecule has 3 aromatic rings. The lowest BCUT2D eigenvalue weighted by Crippen LogP contribution is -2.44. The Morgan fingerprint density at radius 2 is 2.14 bits per heavy atom. The maximum atomic E-state index is 13.6. The van der Waals surface area contributed by atoms with Gasteiger partial charge in [0.15, 0.2) is 5.78 Å². The minimum atomic E-state index is -4.36. The maximum Gasteiger partial charge on any atom is 0.389 e. The smallest absolute Gasteiger partial charge is 0.389 e. The van der Waals surface area contributed by atoms with Crippen LogP contribution < -0.4 is 20.9 Å². The Morgan fingerprint density at radius 3 is 2.81 bits per heavy atom. The molecular weight excluding hydrogens is 489 g/mol. The minimum absolute atomic E-state index is 0.00573. The molecule has 2 aromatic heterocycles. The van der Waals surface area contributed by atoms with Gasteiger partial charge in [-0.2, -0.15) is 18.4 Å². The first kappa shape index (κ1) is 26.2. The molecule has 0 aliphatic carbocycles. The van der Waals surface area contributed by atoms with Crippen molar-refractivity contribution in [2.75, 3.05) is 25.1 Å². The average Bonchev–Trinajstić information content (AvgIpc) is 3.18. The highest BCUT2D eigenvalue weighted by atomic mass is 19.4. The predicted molar refractivity (Wildman–Crippen MR) is 131 cm³/mol. The van der Waals surface area contributed by atoms with Crippen molar-refractivity contribution in [3.05, 3.63) is 52.1 Å². The standard InChI is InChI=1S/C25H27F3N6O3/c1-37-18-7-2-5-16(11-18)20(35)14-33-15-31-21-19(12-29)23(32-9-3-6-17(30)13-32)34(22(21)24(33)36)10-4-8-25(26,27)28/h2,5,7,11,15,17H,3-4,6,8-10,13-14,30H2,1H3. The Labute approximate surface area is 210 Å². The maximum absolute atomic E-state index is 13.6. The van der Waals surface area contributed by atoms with Crippen LogP contribution in [0.5, 0.6) is 5.75 Å². The number of nitrogens with zero attached hydrogens (tertiary/aromatic N) is 5. The van der Waals surface area contributed by atoms with E-state index in [2.05, 4.69) is 11.1 Å². The number of benzene rings is 1. The highest BCUT2D eigenvalue weighted by molar-refractivity contribution is 5.96. The molecule has 0 saturated carbocycles. The van der Waals surface area contributed by atoms with Crippen molar-refractivity contribution in [3.63, 3.8) is 0 Å². The lowest BCUT2D eigenvalue weighted by molar-refractivity contribution is -0.135. The molecule has 0 radical (unpaired) electrons. The number of fused-ring (bicyclic) bond motifs is 1. The van der Waals surface area contributed by atoms with Crippen molar-refractivity contribution in [1.29, 1.82) is 5.26 Å². The second-order valence-corrected chi connectivity index (χ2v) is 9.06. The van der Waals surface area contributed by atoms with E-state index in [0.717, 1.165) is 17.4 Å². The molecule has 1 fully saturated rings. The number of Topliss-reactive ketones (excluding diaryl/α,β-unsaturated/α-hetero) is 1. The Bertz CT molecular complexity index is 1410. The minimum Gasteiger partial charge on any atom is -0.497 e. The highest BCUT2D eigenvalue weighted by Crippen LogP contribution is 2.33. The van der Waals surface area contributed by atoms with Crippen LogP contribution in [0.3, 0.4) is 0 Å². The number of carbonyl (C=O) groups is 1. The molecule has 196 valence electrons. The van der Waals surface area contributed by atoms with Gasteiger partial charge in [0.2, 0.25) is 0 Å². The number of ketones is 1. The van der Waals surface area contributed by atoms with Crippen LogP contribution in [0.25, 0.3) is 11.0 Å². The molecular formula is C25H27F3N6O3. The Morgan fingerprint density at radius 1 is 1.35 bits per heavy atom. The van der Waals surface area contributed by atoms with Gasteiger partial charge in [-0.1, -0.05) is 12.1 Å². The summed E-state index contributed by atoms with van der Waals surface area (Å²) in [6.07, 6.45) is -2.99. The number of aryl methyl sites for hydroxylation is 1. The lowest BCUT2D eigenvalue weighted by atomic mass is 10.1. The van der Waals surface area contributed by atoms with Crippen LogP contribution in [0.15, 0.2) is 35.4 Å². The quantitative estimate of drug-likeness (QED) is 0.457. The van der Waals surface area contributed by atoms with E-state index in [0.29, 0.717) is 30.2 Å². The first-order valence-electron chi connectivity index (χ1n) is 11.9. The van der Waals surface area contributed by atoms with Gasteiger partial charge in [0.1, 0.15) is 34.2 Å². The fourth-order valence-corrected chi connectivity index (χ4v) is 4.70. The van der Waals surface area contributed by atoms with Crippen LogP contribution in [-0.4, -0.2) is 52.3 Å². The molecule has 2 N–H and O–H groups in total. The second kappa shape index (κ2) is 10.6. The van der Waals surface area contributed by atoms with Gasteiger partial charge in [0, 0.05) is 37.7 Å². The molecule has 1 saturated heterocycles. The number of nitrogens with two attached hydrogens (primary N) is 1. The van der Waals surface area contributed by atoms with Crippen LogP contribution in [0, 0.1) is 11.3 Å². The van der Waals surface area contributed by atoms with E-state index in [4.69, 9.17) is 10.5 Å². The van der Waals surface area contributed by atoms with Gasteiger partial charge < -0.3 is 19.9 Å². The fraction of sp³-hybridized carbons (Fsp3) is 0.440. The van der Waals surface area contributed by atoms with E-state index >= 15 is 0 Å². The van der Waals surface area contributed by atoms with Gasteiger partial charge in [0.05, 0.1) is 20.0 Å². The summed E-state index contributed by atoms with van der Waals surface area (Å²) in [5.41, 5.74) is 6.04. The van der Waals surface area contributed by atoms with Crippen molar-refractivity contribution in [2.24, 2.45) is 5.73 Å². The summed E-state index contributed by atoms with van der Waals surface area (Å²) in [5, 5.41) is 9.97. The van der Waals surface area contributed by atoms with Crippen LogP contribution in [0.1, 0.15) is 41.6 Å². The second-order valence-electron chi connectivity index (χ2n) is 9.06. The van der Waals surface area contributed by atoms with E-state index in [1.54, 1.807) is 24.3 Å². The van der Waals surface area contributed by atoms with Gasteiger partial charge >= 0.3 is 6.18 Å². The number of hydrogen-bond acceptors (Lipinski definition) is 7. The van der Waals surface area contributed by atoms with Crippen LogP contribution >= 0.6 is 0 Å². The van der Waals surface area contributed by atoms with Crippen LogP contribution in [0.2, 0.25) is 0 Å². The monoisotopic (exact) mass is 516 g/mol. The Balaban J connectivity index is 1.80. The number of rotatable bonds is 8. The SMILES string of the molecule is COc1cccc(C(=O)Cn2cnc3c(C#N)c(N4CCCC(N)C4)n(CCCC(F)(F)F)c3c2=O)c1. The number of carbonyl (C=O) groups excluding carboxylic acids is 1. The number of methoxy groups -OCH3 is 1. The van der Waals surface area contributed by atoms with Crippen molar-refractivity contribution >= 4 is 22.6 Å². The number of hydrogen-bond donors (Lipinski definition) is 1. The summed E-state index contributed by atoms with van der Waals surface area (Å²) in [5.74, 6) is 0.449. The molecule has 37 heavy (non-hydrogen) atoms. The molecule has 9 nitrogen and oxygen atoms in total. The summed E-state index contributed by atoms with van der Waals surface area (Å²) in [6.45, 7) is 0.450. The Hall–Kier alpha value is -3.85. The molecule has 1 atom stereocenters. The zero-order chi connectivity index (χ0) is 26.7. The summed E-state index contributed by atoms with van der Waals surface area (Å²) in [6, 6.07) is 8.38. The molecule has 1 aromatic carbocycles. The van der Waals surface area contributed by atoms with Crippen molar-refractivity contribution in [3.8, 4) is 11.8 Å². The van der Waals surface area contributed by atoms with Crippen molar-refractivity contribution in [2.45, 2.75) is 51.0 Å². The average molecular weight is 517 g/mol. The third-order valence-electron chi connectivity index (χ3n) is 6.42. The molecule has 0 amide bonds. The summed E-state index contributed by atoms with van der Waals surface area (Å²) in [4.78, 5) is 32.6. The van der Waals surface area contributed by atoms with Gasteiger partial charge in [-0.3, -0.25) is 14.2 Å². The zero-order valence-electron chi connectivity index (χ0n) is 20.3. The van der Waals surface area contributed by atoms with E-state index in [1.807, 2.05) is 4.90 Å². The van der Waals surface area contributed by atoms with Gasteiger partial charge in [0.25, 0.3) is 5.56 Å². The first-order chi connectivity index (χ1) is 17.6. The molecule has 4 rings (SSSR count). The highest BCUT2D eigenvalue weighted by Gasteiger charge is 2.30. The number of ether oxygens (including phenoxy) is 1. The van der Waals surface area contributed by atoms with Crippen molar-refractivity contribution < 1.29 is 22.7 Å². The van der Waals surface area contributed by atoms with E-state index in [1.165, 1.54) is 18.0 Å². The van der Waals surface area contributed by atoms with Gasteiger partial charge in [-0.15, -0.1) is 0 Å². The predicted octanol–water partition coefficient (Wildman–Crippen LogP) is 3.23. The number of halogens is 3. The topological polar surface area (TPSA) is 119 Å². The number of alkyl halides is 3. The van der Waals surface area contributed by atoms with E-state index in [9.17, 15) is 28.0 Å². The molecule has 1 aliphatic heterocycles. The fourth-order valence-electron chi connectivity index (χ4n) is 4.70. The molecule has 0 bridgehead atoms.